The van der Waals surface area contributed by atoms with Crippen LogP contribution in [0.25, 0.3) is 0 Å². The van der Waals surface area contributed by atoms with Crippen molar-refractivity contribution in [3.05, 3.63) is 0 Å². The minimum absolute atomic E-state index is 0.317. The van der Waals surface area contributed by atoms with Crippen LogP contribution in [0.4, 0.5) is 0 Å². The molecule has 2 atom stereocenters. The van der Waals surface area contributed by atoms with E-state index in [1.165, 1.54) is 7.11 Å². The number of amides is 1. The second-order valence-corrected chi connectivity index (χ2v) is 5.15. The topological polar surface area (TPSA) is 93.2 Å². The number of methoxy groups -OCH3 is 1. The molecule has 0 aromatic carbocycles. The van der Waals surface area contributed by atoms with Gasteiger partial charge >= 0.3 is 5.97 Å². The lowest BCUT2D eigenvalue weighted by molar-refractivity contribution is -0.151. The van der Waals surface area contributed by atoms with Crippen LogP contribution in [-0.2, 0) is 14.3 Å². The highest BCUT2D eigenvalue weighted by atomic mass is 16.5. The van der Waals surface area contributed by atoms with Crippen molar-refractivity contribution < 1.29 is 14.3 Å². The maximum Gasteiger partial charge on any atom is 0.311 e. The number of nitrogens with zero attached hydrogens (tertiary/aromatic N) is 1. The summed E-state index contributed by atoms with van der Waals surface area (Å²) in [6.45, 7) is 5.32. The summed E-state index contributed by atoms with van der Waals surface area (Å²) < 4.78 is 4.70. The molecular weight excluding hydrogens is 232 g/mol. The van der Waals surface area contributed by atoms with E-state index in [9.17, 15) is 9.59 Å². The molecule has 0 saturated heterocycles. The molecule has 0 rings (SSSR count). The van der Waals surface area contributed by atoms with Gasteiger partial charge in [-0.1, -0.05) is 6.92 Å². The number of primary amides is 1. The van der Waals surface area contributed by atoms with Crippen molar-refractivity contribution in [3.63, 3.8) is 0 Å². The minimum Gasteiger partial charge on any atom is -0.469 e. The molecule has 2 N–H and O–H groups in total. The van der Waals surface area contributed by atoms with Crippen LogP contribution in [0.15, 0.2) is 0 Å². The third-order valence-corrected chi connectivity index (χ3v) is 3.14. The quantitative estimate of drug-likeness (QED) is 0.698. The highest BCUT2D eigenvalue weighted by Gasteiger charge is 2.33. The molecular formula is C13H22N2O3. The molecule has 2 unspecified atom stereocenters. The average Bonchev–Trinajstić information content (AvgIpc) is 2.32. The number of esters is 1. The van der Waals surface area contributed by atoms with Crippen molar-refractivity contribution in [2.75, 3.05) is 7.11 Å². The van der Waals surface area contributed by atoms with Gasteiger partial charge in [-0.05, 0) is 33.1 Å². The van der Waals surface area contributed by atoms with Crippen LogP contribution in [0.5, 0.6) is 0 Å². The molecule has 0 heterocycles. The molecule has 0 radical (unpaired) electrons. The van der Waals surface area contributed by atoms with E-state index in [0.29, 0.717) is 19.3 Å². The van der Waals surface area contributed by atoms with Crippen LogP contribution in [0.1, 0.15) is 40.0 Å². The van der Waals surface area contributed by atoms with Crippen LogP contribution in [0.3, 0.4) is 0 Å². The highest BCUT2D eigenvalue weighted by Crippen LogP contribution is 2.30. The van der Waals surface area contributed by atoms with Crippen LogP contribution >= 0.6 is 0 Å². The Morgan fingerprint density at radius 1 is 1.44 bits per heavy atom. The molecule has 1 amide bonds. The van der Waals surface area contributed by atoms with Gasteiger partial charge in [0.2, 0.25) is 5.91 Å². The zero-order chi connectivity index (χ0) is 14.3. The Balaban J connectivity index is 4.67. The van der Waals surface area contributed by atoms with Crippen molar-refractivity contribution in [1.29, 1.82) is 5.26 Å². The van der Waals surface area contributed by atoms with Gasteiger partial charge in [-0.2, -0.15) is 5.26 Å². The van der Waals surface area contributed by atoms with Gasteiger partial charge in [-0.3, -0.25) is 9.59 Å². The molecule has 102 valence electrons. The second-order valence-electron chi connectivity index (χ2n) is 5.15. The van der Waals surface area contributed by atoms with Gasteiger partial charge in [-0.15, -0.1) is 0 Å². The Morgan fingerprint density at radius 3 is 2.33 bits per heavy atom. The fourth-order valence-electron chi connectivity index (χ4n) is 1.98. The van der Waals surface area contributed by atoms with E-state index >= 15 is 0 Å². The Labute approximate surface area is 108 Å². The fraction of sp³-hybridized carbons (Fsp3) is 0.769. The summed E-state index contributed by atoms with van der Waals surface area (Å²) in [6.07, 6.45) is 1.36. The van der Waals surface area contributed by atoms with E-state index < -0.39 is 11.3 Å². The van der Waals surface area contributed by atoms with Gasteiger partial charge in [0.1, 0.15) is 0 Å². The molecule has 0 aliphatic carbocycles. The van der Waals surface area contributed by atoms with Crippen molar-refractivity contribution in [1.82, 2.24) is 0 Å². The minimum atomic E-state index is -0.731. The SMILES string of the molecule is CCC(CC(C#N)CC(C)(C)C(=O)OC)C(N)=O. The maximum absolute atomic E-state index is 11.6. The molecule has 0 spiro atoms. The van der Waals surface area contributed by atoms with Crippen molar-refractivity contribution in [2.45, 2.75) is 40.0 Å². The molecule has 0 bridgehead atoms. The number of rotatable bonds is 7. The standard InChI is InChI=1S/C13H22N2O3/c1-5-10(11(15)16)6-9(8-14)7-13(2,3)12(17)18-4/h9-10H,5-7H2,1-4H3,(H2,15,16). The summed E-state index contributed by atoms with van der Waals surface area (Å²) in [6, 6.07) is 2.14. The van der Waals surface area contributed by atoms with Gasteiger partial charge in [0.25, 0.3) is 0 Å². The van der Waals surface area contributed by atoms with Gasteiger partial charge in [0.05, 0.1) is 18.6 Å². The number of nitrogens with two attached hydrogens (primary N) is 1. The molecule has 0 saturated carbocycles. The number of carbonyl (C=O) groups is 2. The first kappa shape index (κ1) is 16.4. The first-order chi connectivity index (χ1) is 8.28. The number of nitriles is 1. The van der Waals surface area contributed by atoms with Gasteiger partial charge in [0.15, 0.2) is 0 Å². The molecule has 0 aliphatic heterocycles. The van der Waals surface area contributed by atoms with E-state index in [1.54, 1.807) is 13.8 Å². The van der Waals surface area contributed by atoms with E-state index in [2.05, 4.69) is 6.07 Å². The normalized spacial score (nSPS) is 14.4. The summed E-state index contributed by atoms with van der Waals surface area (Å²) in [5, 5.41) is 9.12. The van der Waals surface area contributed by atoms with Crippen LogP contribution < -0.4 is 5.73 Å². The zero-order valence-electron chi connectivity index (χ0n) is 11.5. The van der Waals surface area contributed by atoms with Crippen molar-refractivity contribution in [2.24, 2.45) is 23.0 Å². The molecule has 0 aliphatic rings. The van der Waals surface area contributed by atoms with E-state index in [4.69, 9.17) is 15.7 Å². The highest BCUT2D eigenvalue weighted by molar-refractivity contribution is 5.77. The molecule has 0 fully saturated rings. The van der Waals surface area contributed by atoms with Gasteiger partial charge < -0.3 is 10.5 Å². The van der Waals surface area contributed by atoms with Crippen LogP contribution in [0, 0.1) is 28.6 Å². The molecule has 18 heavy (non-hydrogen) atoms. The molecule has 5 nitrogen and oxygen atoms in total. The monoisotopic (exact) mass is 254 g/mol. The first-order valence-electron chi connectivity index (χ1n) is 6.05. The number of hydrogen-bond acceptors (Lipinski definition) is 4. The van der Waals surface area contributed by atoms with Crippen molar-refractivity contribution >= 4 is 11.9 Å². The number of carbonyl (C=O) groups excluding carboxylic acids is 2. The average molecular weight is 254 g/mol. The third-order valence-electron chi connectivity index (χ3n) is 3.14. The Morgan fingerprint density at radius 2 is 2.00 bits per heavy atom. The van der Waals surface area contributed by atoms with Gasteiger partial charge in [-0.25, -0.2) is 0 Å². The largest absolute Gasteiger partial charge is 0.469 e. The summed E-state index contributed by atoms with van der Waals surface area (Å²) in [7, 11) is 1.32. The number of hydrogen-bond donors (Lipinski definition) is 1. The lowest BCUT2D eigenvalue weighted by Crippen LogP contribution is -2.30. The van der Waals surface area contributed by atoms with Crippen molar-refractivity contribution in [3.8, 4) is 6.07 Å². The smallest absolute Gasteiger partial charge is 0.311 e. The lowest BCUT2D eigenvalue weighted by Gasteiger charge is -2.25. The second kappa shape index (κ2) is 7.00. The summed E-state index contributed by atoms with van der Waals surface area (Å²) in [5.74, 6) is -1.44. The molecule has 0 aromatic rings. The Kier molecular flexibility index (Phi) is 6.39. The lowest BCUT2D eigenvalue weighted by atomic mass is 9.79. The fourth-order valence-corrected chi connectivity index (χ4v) is 1.98. The van der Waals surface area contributed by atoms with Crippen LogP contribution in [-0.4, -0.2) is 19.0 Å². The third kappa shape index (κ3) is 4.74. The van der Waals surface area contributed by atoms with E-state index in [0.717, 1.165) is 0 Å². The predicted molar refractivity (Wildman–Crippen MR) is 67.1 cm³/mol. The molecule has 0 aromatic heterocycles. The first-order valence-corrected chi connectivity index (χ1v) is 6.05. The molecule has 5 heteroatoms. The predicted octanol–water partition coefficient (Wildman–Crippen LogP) is 1.62. The zero-order valence-corrected chi connectivity index (χ0v) is 11.5. The summed E-state index contributed by atoms with van der Waals surface area (Å²) in [5.41, 5.74) is 4.53. The number of ether oxygens (including phenoxy) is 1. The Bertz CT molecular complexity index is 345. The maximum atomic E-state index is 11.6. The summed E-state index contributed by atoms with van der Waals surface area (Å²) in [4.78, 5) is 22.7. The van der Waals surface area contributed by atoms with E-state index in [1.807, 2.05) is 6.92 Å². The van der Waals surface area contributed by atoms with E-state index in [-0.39, 0.29) is 17.8 Å². The van der Waals surface area contributed by atoms with Gasteiger partial charge in [0, 0.05) is 11.8 Å². The Hall–Kier alpha value is -1.57. The summed E-state index contributed by atoms with van der Waals surface area (Å²) >= 11 is 0. The van der Waals surface area contributed by atoms with Crippen LogP contribution in [0.2, 0.25) is 0 Å².